The second kappa shape index (κ2) is 7.57. The van der Waals surface area contributed by atoms with Crippen molar-refractivity contribution < 1.29 is 48.1 Å². The van der Waals surface area contributed by atoms with E-state index in [1.165, 1.54) is 0 Å². The topological polar surface area (TPSA) is 102 Å². The molecule has 1 atom stereocenters. The lowest BCUT2D eigenvalue weighted by atomic mass is 9.74. The van der Waals surface area contributed by atoms with Gasteiger partial charge in [-0.25, -0.2) is 9.59 Å². The smallest absolute Gasteiger partial charge is 0.410 e. The quantitative estimate of drug-likeness (QED) is 0.358. The fraction of sp³-hybridized carbons (Fsp3) is 0.474. The number of methoxy groups -OCH3 is 1. The van der Waals surface area contributed by atoms with Gasteiger partial charge >= 0.3 is 22.3 Å². The average Bonchev–Trinajstić information content (AvgIpc) is 2.62. The summed E-state index contributed by atoms with van der Waals surface area (Å²) in [7, 11) is -8.95. The number of nitrogens with one attached hydrogen (secondary N) is 1. The number of nitrogens with zero attached hydrogens (tertiary/aromatic N) is 1. The Hall–Kier alpha value is -2.90. The zero-order valence-corrected chi connectivity index (χ0v) is 18.9. The maximum absolute atomic E-state index is 12.9. The van der Waals surface area contributed by atoms with Gasteiger partial charge in [-0.15, -0.1) is 0 Å². The number of aldehydes is 1. The lowest BCUT2D eigenvalue weighted by Gasteiger charge is -2.49. The molecule has 0 bridgehead atoms. The molecule has 0 aliphatic carbocycles. The summed E-state index contributed by atoms with van der Waals surface area (Å²) in [5, 5.41) is 2.18. The average molecular weight is 502 g/mol. The van der Waals surface area contributed by atoms with Crippen molar-refractivity contribution in [1.82, 2.24) is 10.2 Å². The lowest BCUT2D eigenvalue weighted by molar-refractivity contribution is -0.154. The molecule has 1 aliphatic heterocycles. The molecular formula is C19H23F5N2O6S. The number of amides is 2. The Morgan fingerprint density at radius 3 is 2.00 bits per heavy atom. The van der Waals surface area contributed by atoms with Crippen molar-refractivity contribution in [3.05, 3.63) is 29.8 Å². The van der Waals surface area contributed by atoms with Gasteiger partial charge in [0.2, 0.25) is 0 Å². The highest BCUT2D eigenvalue weighted by Gasteiger charge is 2.65. The first kappa shape index (κ1) is 26.4. The highest BCUT2D eigenvalue weighted by Crippen LogP contribution is 3.02. The molecule has 0 unspecified atom stereocenters. The number of carbonyl (C=O) groups excluding carboxylic acids is 4. The summed E-state index contributed by atoms with van der Waals surface area (Å²) in [5.41, 5.74) is -2.89. The molecule has 14 heteroatoms. The Bertz CT molecular complexity index is 970. The highest BCUT2D eigenvalue weighted by molar-refractivity contribution is 8.45. The summed E-state index contributed by atoms with van der Waals surface area (Å²) >= 11 is 0. The van der Waals surface area contributed by atoms with Gasteiger partial charge in [0, 0.05) is 18.7 Å². The zero-order valence-electron chi connectivity index (χ0n) is 18.1. The third-order valence-corrected chi connectivity index (χ3v) is 5.87. The molecule has 186 valence electrons. The van der Waals surface area contributed by atoms with Crippen LogP contribution in [0.15, 0.2) is 29.2 Å². The summed E-state index contributed by atoms with van der Waals surface area (Å²) in [6.45, 7) is 4.24. The largest absolute Gasteiger partial charge is 0.467 e. The molecule has 8 nitrogen and oxygen atoms in total. The first-order valence-electron chi connectivity index (χ1n) is 9.38. The van der Waals surface area contributed by atoms with E-state index in [1.54, 1.807) is 20.8 Å². The standard InChI is InChI=1S/C19H23F5N2O6S/c1-18(2,3)32-17(30)26-9-19(10-26,11-27)14(16(29)31-4)25-15(28)12-5-7-13(8-6-12)33(20,21,22,23)24/h5-8,11,14H,9-10H2,1-4H3,(H,25,28)/t14-/m1/s1. The van der Waals surface area contributed by atoms with Gasteiger partial charge in [-0.05, 0) is 45.0 Å². The van der Waals surface area contributed by atoms with Gasteiger partial charge < -0.3 is 24.5 Å². The van der Waals surface area contributed by atoms with Crippen LogP contribution in [-0.4, -0.2) is 61.0 Å². The van der Waals surface area contributed by atoms with Gasteiger partial charge in [0.25, 0.3) is 5.91 Å². The van der Waals surface area contributed by atoms with E-state index < -0.39 is 55.7 Å². The third kappa shape index (κ3) is 6.12. The van der Waals surface area contributed by atoms with Crippen LogP contribution in [0.1, 0.15) is 31.1 Å². The summed E-state index contributed by atoms with van der Waals surface area (Å²) in [5.74, 6) is -2.17. The second-order valence-corrected chi connectivity index (χ2v) is 11.0. The molecule has 1 aliphatic rings. The van der Waals surface area contributed by atoms with Crippen LogP contribution in [0.5, 0.6) is 0 Å². The van der Waals surface area contributed by atoms with Gasteiger partial charge in [0.05, 0.1) is 12.5 Å². The zero-order chi connectivity index (χ0) is 25.5. The number of hydrogen-bond acceptors (Lipinski definition) is 6. The predicted octanol–water partition coefficient (Wildman–Crippen LogP) is 4.05. The summed E-state index contributed by atoms with van der Waals surface area (Å²) in [6, 6.07) is -0.489. The van der Waals surface area contributed by atoms with E-state index in [0.717, 1.165) is 12.0 Å². The predicted molar refractivity (Wildman–Crippen MR) is 107 cm³/mol. The van der Waals surface area contributed by atoms with Gasteiger partial charge in [-0.3, -0.25) is 4.79 Å². The van der Waals surface area contributed by atoms with E-state index in [4.69, 9.17) is 4.74 Å². The van der Waals surface area contributed by atoms with E-state index >= 15 is 0 Å². The number of likely N-dealkylation sites (tertiary alicyclic amines) is 1. The molecule has 0 saturated carbocycles. The normalized spacial score (nSPS) is 18.6. The fourth-order valence-electron chi connectivity index (χ4n) is 3.08. The van der Waals surface area contributed by atoms with Crippen LogP contribution in [0.4, 0.5) is 24.2 Å². The molecule has 0 radical (unpaired) electrons. The third-order valence-electron chi connectivity index (χ3n) is 4.71. The molecule has 1 saturated heterocycles. The molecule has 1 heterocycles. The summed E-state index contributed by atoms with van der Waals surface area (Å²) in [4.78, 5) is 47.7. The minimum Gasteiger partial charge on any atom is -0.467 e. The number of hydrogen-bond donors (Lipinski definition) is 1. The Labute approximate surface area is 186 Å². The maximum atomic E-state index is 12.9. The summed E-state index contributed by atoms with van der Waals surface area (Å²) in [6.07, 6.45) is -0.408. The van der Waals surface area contributed by atoms with E-state index in [1.807, 2.05) is 0 Å². The van der Waals surface area contributed by atoms with Crippen molar-refractivity contribution in [3.8, 4) is 0 Å². The molecule has 2 rings (SSSR count). The van der Waals surface area contributed by atoms with E-state index in [0.29, 0.717) is 18.4 Å². The number of ether oxygens (including phenoxy) is 2. The Kier molecular flexibility index (Phi) is 6.04. The van der Waals surface area contributed by atoms with Gasteiger partial charge in [-0.1, -0.05) is 19.4 Å². The molecule has 1 aromatic carbocycles. The van der Waals surface area contributed by atoms with Crippen LogP contribution in [0, 0.1) is 5.41 Å². The van der Waals surface area contributed by atoms with Gasteiger partial charge in [-0.2, -0.15) is 0 Å². The van der Waals surface area contributed by atoms with E-state index in [2.05, 4.69) is 10.1 Å². The van der Waals surface area contributed by atoms with E-state index in [9.17, 15) is 38.6 Å². The van der Waals surface area contributed by atoms with Crippen LogP contribution in [0.25, 0.3) is 0 Å². The molecule has 0 spiro atoms. The van der Waals surface area contributed by atoms with Crippen LogP contribution < -0.4 is 5.32 Å². The van der Waals surface area contributed by atoms with Crippen LogP contribution in [-0.2, 0) is 19.1 Å². The van der Waals surface area contributed by atoms with Gasteiger partial charge in [0.1, 0.15) is 22.8 Å². The molecular weight excluding hydrogens is 479 g/mol. The van der Waals surface area contributed by atoms with Gasteiger partial charge in [0.15, 0.2) is 0 Å². The molecule has 1 N–H and O–H groups in total. The van der Waals surface area contributed by atoms with Crippen LogP contribution in [0.3, 0.4) is 0 Å². The number of carbonyl (C=O) groups is 4. The highest BCUT2D eigenvalue weighted by atomic mass is 32.5. The lowest BCUT2D eigenvalue weighted by Crippen LogP contribution is -2.70. The molecule has 1 aromatic rings. The second-order valence-electron chi connectivity index (χ2n) is 8.61. The van der Waals surface area contributed by atoms with Crippen LogP contribution in [0.2, 0.25) is 0 Å². The monoisotopic (exact) mass is 502 g/mol. The van der Waals surface area contributed by atoms with Crippen molar-refractivity contribution in [2.24, 2.45) is 5.41 Å². The van der Waals surface area contributed by atoms with E-state index in [-0.39, 0.29) is 25.2 Å². The maximum Gasteiger partial charge on any atom is 0.410 e. The number of esters is 1. The molecule has 33 heavy (non-hydrogen) atoms. The Morgan fingerprint density at radius 1 is 1.09 bits per heavy atom. The van der Waals surface area contributed by atoms with Crippen molar-refractivity contribution >= 4 is 34.5 Å². The molecule has 1 fully saturated rings. The Balaban J connectivity index is 2.23. The number of rotatable bonds is 6. The Morgan fingerprint density at radius 2 is 1.61 bits per heavy atom. The van der Waals surface area contributed by atoms with Crippen molar-refractivity contribution in [1.29, 1.82) is 0 Å². The minimum absolute atomic E-state index is 0.0483. The number of benzene rings is 1. The first-order valence-corrected chi connectivity index (χ1v) is 11.3. The first-order chi connectivity index (χ1) is 14.7. The van der Waals surface area contributed by atoms with Crippen molar-refractivity contribution in [2.75, 3.05) is 20.2 Å². The summed E-state index contributed by atoms with van der Waals surface area (Å²) < 4.78 is 74.1. The minimum atomic E-state index is -9.93. The van der Waals surface area contributed by atoms with Crippen molar-refractivity contribution in [2.45, 2.75) is 37.3 Å². The molecule has 2 amide bonds. The van der Waals surface area contributed by atoms with Crippen molar-refractivity contribution in [3.63, 3.8) is 0 Å². The molecule has 0 aromatic heterocycles. The SMILES string of the molecule is COC(=O)[C@@H](NC(=O)c1ccc(S(F)(F)(F)(F)F)cc1)C1(C=O)CN(C(=O)OC(C)(C)C)C1. The fourth-order valence-corrected chi connectivity index (χ4v) is 3.73. The number of halogens is 5. The van der Waals surface area contributed by atoms with Crippen LogP contribution >= 0.6 is 10.2 Å².